The van der Waals surface area contributed by atoms with Crippen molar-refractivity contribution >= 4 is 5.91 Å². The lowest BCUT2D eigenvalue weighted by Gasteiger charge is -2.07. The minimum Gasteiger partial charge on any atom is -0.475 e. The minimum absolute atomic E-state index is 0.147. The summed E-state index contributed by atoms with van der Waals surface area (Å²) in [4.78, 5) is 12.0. The van der Waals surface area contributed by atoms with Gasteiger partial charge in [0.05, 0.1) is 12.2 Å². The second-order valence-corrected chi connectivity index (χ2v) is 5.73. The number of ether oxygens (including phenoxy) is 1. The Balaban J connectivity index is 1.47. The van der Waals surface area contributed by atoms with Crippen molar-refractivity contribution in [3.05, 3.63) is 77.6 Å². The number of aromatic nitrogens is 2. The van der Waals surface area contributed by atoms with Gasteiger partial charge >= 0.3 is 0 Å². The van der Waals surface area contributed by atoms with Gasteiger partial charge in [-0.25, -0.2) is 4.39 Å². The van der Waals surface area contributed by atoms with Crippen molar-refractivity contribution in [3.63, 3.8) is 0 Å². The number of amides is 1. The first-order valence-corrected chi connectivity index (χ1v) is 8.19. The van der Waals surface area contributed by atoms with Crippen LogP contribution < -0.4 is 10.1 Å². The van der Waals surface area contributed by atoms with Crippen LogP contribution in [0.2, 0.25) is 0 Å². The highest BCUT2D eigenvalue weighted by Crippen LogP contribution is 2.18. The number of carbonyl (C=O) groups excluding carboxylic acids is 1. The largest absolute Gasteiger partial charge is 0.475 e. The van der Waals surface area contributed by atoms with Crippen LogP contribution in [0.1, 0.15) is 15.9 Å². The highest BCUT2D eigenvalue weighted by atomic mass is 19.1. The summed E-state index contributed by atoms with van der Waals surface area (Å²) >= 11 is 0. The van der Waals surface area contributed by atoms with Crippen molar-refractivity contribution in [1.82, 2.24) is 15.5 Å². The normalized spacial score (nSPS) is 10.4. The lowest BCUT2D eigenvalue weighted by atomic mass is 10.1. The van der Waals surface area contributed by atoms with E-state index in [0.717, 1.165) is 11.1 Å². The smallest absolute Gasteiger partial charge is 0.251 e. The molecule has 0 bridgehead atoms. The summed E-state index contributed by atoms with van der Waals surface area (Å²) in [6.07, 6.45) is 0. The third kappa shape index (κ3) is 4.63. The van der Waals surface area contributed by atoms with E-state index in [1.807, 2.05) is 19.1 Å². The van der Waals surface area contributed by atoms with Crippen LogP contribution in [0.5, 0.6) is 5.88 Å². The molecule has 0 spiro atoms. The van der Waals surface area contributed by atoms with Gasteiger partial charge in [-0.3, -0.25) is 4.79 Å². The van der Waals surface area contributed by atoms with Crippen LogP contribution in [0.4, 0.5) is 4.39 Å². The number of hydrogen-bond acceptors (Lipinski definition) is 4. The molecule has 6 heteroatoms. The predicted octanol–water partition coefficient (Wildman–Crippen LogP) is 3.40. The molecular formula is C20H18FN3O2. The van der Waals surface area contributed by atoms with Crippen LogP contribution in [0, 0.1) is 12.7 Å². The van der Waals surface area contributed by atoms with E-state index >= 15 is 0 Å². The second-order valence-electron chi connectivity index (χ2n) is 5.73. The van der Waals surface area contributed by atoms with Crippen molar-refractivity contribution in [2.45, 2.75) is 6.92 Å². The molecule has 0 radical (unpaired) electrons. The van der Waals surface area contributed by atoms with Gasteiger partial charge in [-0.1, -0.05) is 17.7 Å². The van der Waals surface area contributed by atoms with Gasteiger partial charge < -0.3 is 10.1 Å². The number of hydrogen-bond donors (Lipinski definition) is 1. The number of nitrogens with one attached hydrogen (secondary N) is 1. The molecular weight excluding hydrogens is 333 g/mol. The Morgan fingerprint density at radius 1 is 1.00 bits per heavy atom. The van der Waals surface area contributed by atoms with E-state index in [1.165, 1.54) is 12.1 Å². The fourth-order valence-electron chi connectivity index (χ4n) is 2.30. The van der Waals surface area contributed by atoms with Gasteiger partial charge in [-0.05, 0) is 49.4 Å². The zero-order valence-electron chi connectivity index (χ0n) is 14.3. The van der Waals surface area contributed by atoms with Gasteiger partial charge in [0.2, 0.25) is 5.88 Å². The monoisotopic (exact) mass is 351 g/mol. The molecule has 3 rings (SSSR count). The van der Waals surface area contributed by atoms with Crippen LogP contribution in [0.3, 0.4) is 0 Å². The second kappa shape index (κ2) is 8.20. The molecule has 1 heterocycles. The van der Waals surface area contributed by atoms with Crippen molar-refractivity contribution in [2.24, 2.45) is 0 Å². The molecule has 0 aliphatic carbocycles. The molecule has 0 aliphatic rings. The highest BCUT2D eigenvalue weighted by molar-refractivity contribution is 5.94. The van der Waals surface area contributed by atoms with E-state index in [1.54, 1.807) is 36.4 Å². The Morgan fingerprint density at radius 2 is 1.73 bits per heavy atom. The Morgan fingerprint density at radius 3 is 2.38 bits per heavy atom. The molecule has 3 aromatic rings. The fraction of sp³-hybridized carbons (Fsp3) is 0.150. The molecule has 0 unspecified atom stereocenters. The van der Waals surface area contributed by atoms with E-state index in [9.17, 15) is 9.18 Å². The number of aryl methyl sites for hydroxylation is 1. The fourth-order valence-corrected chi connectivity index (χ4v) is 2.30. The van der Waals surface area contributed by atoms with Crippen LogP contribution in [-0.4, -0.2) is 29.3 Å². The zero-order valence-corrected chi connectivity index (χ0v) is 14.3. The van der Waals surface area contributed by atoms with E-state index in [2.05, 4.69) is 15.5 Å². The van der Waals surface area contributed by atoms with Crippen molar-refractivity contribution < 1.29 is 13.9 Å². The van der Waals surface area contributed by atoms with Crippen LogP contribution >= 0.6 is 0 Å². The first-order chi connectivity index (χ1) is 12.6. The number of rotatable bonds is 6. The summed E-state index contributed by atoms with van der Waals surface area (Å²) in [7, 11) is 0. The topological polar surface area (TPSA) is 64.1 Å². The average Bonchev–Trinajstić information content (AvgIpc) is 2.67. The summed E-state index contributed by atoms with van der Waals surface area (Å²) in [5, 5.41) is 10.8. The average molecular weight is 351 g/mol. The van der Waals surface area contributed by atoms with Gasteiger partial charge in [0.25, 0.3) is 5.91 Å². The summed E-state index contributed by atoms with van der Waals surface area (Å²) in [5.41, 5.74) is 3.12. The highest BCUT2D eigenvalue weighted by Gasteiger charge is 2.05. The summed E-state index contributed by atoms with van der Waals surface area (Å²) in [6, 6.07) is 16.8. The van der Waals surface area contributed by atoms with Crippen molar-refractivity contribution in [3.8, 4) is 17.1 Å². The molecule has 0 aliphatic heterocycles. The van der Waals surface area contributed by atoms with E-state index in [-0.39, 0.29) is 18.3 Å². The van der Waals surface area contributed by atoms with Crippen LogP contribution in [0.15, 0.2) is 60.7 Å². The SMILES string of the molecule is Cc1ccc(C(=O)NCCOc2ccc(-c3ccc(F)cc3)nn2)cc1. The Hall–Kier alpha value is -3.28. The molecule has 1 aromatic heterocycles. The molecule has 132 valence electrons. The van der Waals surface area contributed by atoms with Crippen LogP contribution in [0.25, 0.3) is 11.3 Å². The van der Waals surface area contributed by atoms with Gasteiger partial charge in [0, 0.05) is 17.2 Å². The minimum atomic E-state index is -0.297. The molecule has 0 saturated carbocycles. The molecule has 0 atom stereocenters. The number of halogens is 1. The zero-order chi connectivity index (χ0) is 18.4. The lowest BCUT2D eigenvalue weighted by molar-refractivity contribution is 0.0946. The Labute approximate surface area is 150 Å². The number of carbonyl (C=O) groups is 1. The third-order valence-electron chi connectivity index (χ3n) is 3.73. The van der Waals surface area contributed by atoms with Gasteiger partial charge in [-0.15, -0.1) is 10.2 Å². The van der Waals surface area contributed by atoms with E-state index in [0.29, 0.717) is 23.7 Å². The van der Waals surface area contributed by atoms with Crippen molar-refractivity contribution in [1.29, 1.82) is 0 Å². The summed E-state index contributed by atoms with van der Waals surface area (Å²) < 4.78 is 18.4. The van der Waals surface area contributed by atoms with Gasteiger partial charge in [0.15, 0.2) is 0 Å². The maximum atomic E-state index is 12.9. The third-order valence-corrected chi connectivity index (χ3v) is 3.73. The van der Waals surface area contributed by atoms with Gasteiger partial charge in [-0.2, -0.15) is 0 Å². The number of benzene rings is 2. The Kier molecular flexibility index (Phi) is 5.53. The molecule has 0 fully saturated rings. The van der Waals surface area contributed by atoms with Gasteiger partial charge in [0.1, 0.15) is 12.4 Å². The lowest BCUT2D eigenvalue weighted by Crippen LogP contribution is -2.28. The molecule has 5 nitrogen and oxygen atoms in total. The Bertz CT molecular complexity index is 863. The summed E-state index contributed by atoms with van der Waals surface area (Å²) in [5.74, 6) is -0.0823. The van der Waals surface area contributed by atoms with E-state index < -0.39 is 0 Å². The number of nitrogens with zero attached hydrogens (tertiary/aromatic N) is 2. The quantitative estimate of drug-likeness (QED) is 0.692. The molecule has 1 N–H and O–H groups in total. The molecule has 2 aromatic carbocycles. The molecule has 26 heavy (non-hydrogen) atoms. The summed E-state index contributed by atoms with van der Waals surface area (Å²) in [6.45, 7) is 2.61. The van der Waals surface area contributed by atoms with Crippen molar-refractivity contribution in [2.75, 3.05) is 13.2 Å². The first kappa shape index (κ1) is 17.5. The predicted molar refractivity (Wildman–Crippen MR) is 96.4 cm³/mol. The maximum Gasteiger partial charge on any atom is 0.251 e. The first-order valence-electron chi connectivity index (χ1n) is 8.19. The van der Waals surface area contributed by atoms with E-state index in [4.69, 9.17) is 4.74 Å². The molecule has 1 amide bonds. The van der Waals surface area contributed by atoms with Crippen LogP contribution in [-0.2, 0) is 0 Å². The maximum absolute atomic E-state index is 12.9. The standard InChI is InChI=1S/C20H18FN3O2/c1-14-2-4-16(5-3-14)20(25)22-12-13-26-19-11-10-18(23-24-19)15-6-8-17(21)9-7-15/h2-11H,12-13H2,1H3,(H,22,25). The molecule has 0 saturated heterocycles.